The first-order valence-electron chi connectivity index (χ1n) is 4.88. The molecule has 1 N–H and O–H groups in total. The molecule has 5 nitrogen and oxygen atoms in total. The summed E-state index contributed by atoms with van der Waals surface area (Å²) in [5.74, 6) is 2.43. The summed E-state index contributed by atoms with van der Waals surface area (Å²) in [6, 6.07) is 3.79. The second-order valence-electron chi connectivity index (χ2n) is 3.35. The number of nitrogens with zero attached hydrogens (tertiary/aromatic N) is 3. The van der Waals surface area contributed by atoms with Gasteiger partial charge >= 0.3 is 0 Å². The highest BCUT2D eigenvalue weighted by Crippen LogP contribution is 2.03. The predicted molar refractivity (Wildman–Crippen MR) is 59.1 cm³/mol. The van der Waals surface area contributed by atoms with Gasteiger partial charge in [0.05, 0.1) is 12.8 Å². The number of hydrazone groups is 1. The molecule has 1 aliphatic heterocycles. The predicted octanol–water partition coefficient (Wildman–Crippen LogP) is 0.813. The van der Waals surface area contributed by atoms with E-state index in [2.05, 4.69) is 15.4 Å². The van der Waals surface area contributed by atoms with Gasteiger partial charge in [-0.15, -0.1) is 0 Å². The van der Waals surface area contributed by atoms with Crippen LogP contribution < -0.4 is 5.32 Å². The van der Waals surface area contributed by atoms with Crippen LogP contribution in [0.3, 0.4) is 0 Å². The Bertz CT molecular complexity index is 394. The summed E-state index contributed by atoms with van der Waals surface area (Å²) < 4.78 is 5.36. The fraction of sp³-hybridized carbons (Fsp3) is 0.400. The number of rotatable bonds is 2. The zero-order valence-corrected chi connectivity index (χ0v) is 8.90. The third kappa shape index (κ3) is 2.37. The first kappa shape index (κ1) is 9.76. The van der Waals surface area contributed by atoms with Crippen molar-refractivity contribution in [2.45, 2.75) is 6.92 Å². The lowest BCUT2D eigenvalue weighted by Crippen LogP contribution is -2.32. The van der Waals surface area contributed by atoms with Crippen molar-refractivity contribution in [3.8, 4) is 0 Å². The molecule has 0 fully saturated rings. The van der Waals surface area contributed by atoms with Gasteiger partial charge in [-0.25, -0.2) is 10.0 Å². The van der Waals surface area contributed by atoms with E-state index in [1.54, 1.807) is 11.2 Å². The minimum atomic E-state index is 0.748. The summed E-state index contributed by atoms with van der Waals surface area (Å²) in [5, 5.41) is 9.04. The second-order valence-corrected chi connectivity index (χ2v) is 3.35. The summed E-state index contributed by atoms with van der Waals surface area (Å²) >= 11 is 0. The molecule has 1 aromatic rings. The number of hydrogen-bond acceptors (Lipinski definition) is 5. The zero-order chi connectivity index (χ0) is 10.7. The lowest BCUT2D eigenvalue weighted by Gasteiger charge is -2.11. The molecular weight excluding hydrogens is 192 g/mol. The quantitative estimate of drug-likeness (QED) is 0.575. The minimum Gasteiger partial charge on any atom is -0.460 e. The standard InChI is InChI=1S/C10H14N4O/c1-8-3-4-9(15-8)7-13-14(2)10-11-5-6-12-10/h3-4,7H,5-6H2,1-2H3,(H,11,12)/b13-7-. The maximum Gasteiger partial charge on any atom is 0.214 e. The van der Waals surface area contributed by atoms with E-state index in [9.17, 15) is 0 Å². The summed E-state index contributed by atoms with van der Waals surface area (Å²) in [6.45, 7) is 3.60. The van der Waals surface area contributed by atoms with E-state index < -0.39 is 0 Å². The van der Waals surface area contributed by atoms with Crippen LogP contribution in [-0.2, 0) is 0 Å². The van der Waals surface area contributed by atoms with E-state index in [0.717, 1.165) is 30.6 Å². The van der Waals surface area contributed by atoms with Crippen molar-refractivity contribution in [2.75, 3.05) is 20.1 Å². The van der Waals surface area contributed by atoms with E-state index in [0.29, 0.717) is 0 Å². The molecule has 0 amide bonds. The van der Waals surface area contributed by atoms with Crippen molar-refractivity contribution in [1.29, 1.82) is 0 Å². The zero-order valence-electron chi connectivity index (χ0n) is 8.90. The molecule has 0 atom stereocenters. The van der Waals surface area contributed by atoms with Crippen LogP contribution in [0.4, 0.5) is 0 Å². The van der Waals surface area contributed by atoms with Crippen molar-refractivity contribution < 1.29 is 4.42 Å². The molecule has 2 rings (SSSR count). The van der Waals surface area contributed by atoms with Crippen molar-refractivity contribution in [2.24, 2.45) is 10.1 Å². The fourth-order valence-electron chi connectivity index (χ4n) is 1.32. The van der Waals surface area contributed by atoms with Gasteiger partial charge in [-0.2, -0.15) is 5.10 Å². The molecule has 0 radical (unpaired) electrons. The molecule has 0 saturated carbocycles. The molecule has 1 aromatic heterocycles. The smallest absolute Gasteiger partial charge is 0.214 e. The SMILES string of the molecule is Cc1ccc(/C=N\N(C)C2=NCCN2)o1. The van der Waals surface area contributed by atoms with Gasteiger partial charge in [0.15, 0.2) is 0 Å². The Morgan fingerprint density at radius 2 is 2.47 bits per heavy atom. The molecule has 0 aliphatic carbocycles. The Balaban J connectivity index is 1.98. The van der Waals surface area contributed by atoms with E-state index in [1.165, 1.54) is 0 Å². The Morgan fingerprint density at radius 1 is 1.60 bits per heavy atom. The minimum absolute atomic E-state index is 0.748. The Labute approximate surface area is 88.5 Å². The van der Waals surface area contributed by atoms with Crippen LogP contribution in [-0.4, -0.2) is 37.3 Å². The van der Waals surface area contributed by atoms with Gasteiger partial charge in [0.1, 0.15) is 11.5 Å². The largest absolute Gasteiger partial charge is 0.460 e. The van der Waals surface area contributed by atoms with Gasteiger partial charge in [-0.05, 0) is 19.1 Å². The molecule has 2 heterocycles. The number of aryl methyl sites for hydroxylation is 1. The van der Waals surface area contributed by atoms with Crippen molar-refractivity contribution >= 4 is 12.2 Å². The summed E-state index contributed by atoms with van der Waals surface area (Å²) in [5.41, 5.74) is 0. The summed E-state index contributed by atoms with van der Waals surface area (Å²) in [4.78, 5) is 4.24. The second kappa shape index (κ2) is 4.16. The first-order valence-corrected chi connectivity index (χ1v) is 4.88. The maximum atomic E-state index is 5.36. The number of hydrogen-bond donors (Lipinski definition) is 1. The van der Waals surface area contributed by atoms with Crippen LogP contribution in [0.5, 0.6) is 0 Å². The monoisotopic (exact) mass is 206 g/mol. The molecule has 0 saturated heterocycles. The molecule has 5 heteroatoms. The van der Waals surface area contributed by atoms with Crippen LogP contribution >= 0.6 is 0 Å². The molecule has 80 valence electrons. The molecule has 0 spiro atoms. The lowest BCUT2D eigenvalue weighted by atomic mass is 10.4. The molecule has 1 aliphatic rings. The highest BCUT2D eigenvalue weighted by molar-refractivity contribution is 5.83. The Hall–Kier alpha value is -1.78. The highest BCUT2D eigenvalue weighted by atomic mass is 16.3. The molecule has 15 heavy (non-hydrogen) atoms. The van der Waals surface area contributed by atoms with Crippen molar-refractivity contribution in [3.63, 3.8) is 0 Å². The fourth-order valence-corrected chi connectivity index (χ4v) is 1.32. The van der Waals surface area contributed by atoms with Crippen molar-refractivity contribution in [1.82, 2.24) is 10.3 Å². The van der Waals surface area contributed by atoms with Crippen LogP contribution in [0.25, 0.3) is 0 Å². The average Bonchev–Trinajstić information content (AvgIpc) is 2.84. The van der Waals surface area contributed by atoms with Crippen LogP contribution in [0.1, 0.15) is 11.5 Å². The van der Waals surface area contributed by atoms with Gasteiger partial charge in [-0.1, -0.05) is 0 Å². The summed E-state index contributed by atoms with van der Waals surface area (Å²) in [7, 11) is 1.85. The van der Waals surface area contributed by atoms with Gasteiger partial charge in [0, 0.05) is 13.6 Å². The van der Waals surface area contributed by atoms with Crippen LogP contribution in [0.2, 0.25) is 0 Å². The van der Waals surface area contributed by atoms with Crippen LogP contribution in [0, 0.1) is 6.92 Å². The van der Waals surface area contributed by atoms with E-state index in [1.807, 2.05) is 26.1 Å². The highest BCUT2D eigenvalue weighted by Gasteiger charge is 2.08. The third-order valence-corrected chi connectivity index (χ3v) is 2.08. The molecule has 0 aromatic carbocycles. The van der Waals surface area contributed by atoms with Gasteiger partial charge < -0.3 is 9.73 Å². The maximum absolute atomic E-state index is 5.36. The molecular formula is C10H14N4O. The summed E-state index contributed by atoms with van der Waals surface area (Å²) in [6.07, 6.45) is 1.68. The topological polar surface area (TPSA) is 53.1 Å². The Kier molecular flexibility index (Phi) is 2.71. The van der Waals surface area contributed by atoms with Crippen LogP contribution in [0.15, 0.2) is 26.6 Å². The number of furan rings is 1. The average molecular weight is 206 g/mol. The lowest BCUT2D eigenvalue weighted by molar-refractivity contribution is 0.511. The molecule has 0 unspecified atom stereocenters. The van der Waals surface area contributed by atoms with E-state index in [-0.39, 0.29) is 0 Å². The number of aliphatic imine (C=N–C) groups is 1. The molecule has 0 bridgehead atoms. The van der Waals surface area contributed by atoms with Gasteiger partial charge in [-0.3, -0.25) is 0 Å². The number of guanidine groups is 1. The van der Waals surface area contributed by atoms with E-state index in [4.69, 9.17) is 4.42 Å². The Morgan fingerprint density at radius 3 is 3.07 bits per heavy atom. The van der Waals surface area contributed by atoms with Gasteiger partial charge in [0.2, 0.25) is 5.96 Å². The van der Waals surface area contributed by atoms with Gasteiger partial charge in [0.25, 0.3) is 0 Å². The third-order valence-electron chi connectivity index (χ3n) is 2.08. The number of nitrogens with one attached hydrogen (secondary N) is 1. The first-order chi connectivity index (χ1) is 7.25. The van der Waals surface area contributed by atoms with Crippen molar-refractivity contribution in [3.05, 3.63) is 23.7 Å². The normalized spacial score (nSPS) is 15.5. The van der Waals surface area contributed by atoms with E-state index >= 15 is 0 Å².